The van der Waals surface area contributed by atoms with Gasteiger partial charge in [0.2, 0.25) is 0 Å². The summed E-state index contributed by atoms with van der Waals surface area (Å²) in [6, 6.07) is 0. The van der Waals surface area contributed by atoms with E-state index in [9.17, 15) is 18.0 Å². The number of hydrogen-bond donors (Lipinski definition) is 1. The first-order valence-electron chi connectivity index (χ1n) is 5.21. The molecule has 2 aromatic heterocycles. The molecule has 6 nitrogen and oxygen atoms in total. The molecular weight excluding hydrogens is 317 g/mol. The molecule has 0 bridgehead atoms. The summed E-state index contributed by atoms with van der Waals surface area (Å²) >= 11 is 1.26. The molecule has 1 N–H and O–H groups in total. The van der Waals surface area contributed by atoms with Gasteiger partial charge in [0.15, 0.2) is 10.0 Å². The number of aromatic nitrogens is 4. The summed E-state index contributed by atoms with van der Waals surface area (Å²) in [5, 5.41) is 12.6. The van der Waals surface area contributed by atoms with Crippen molar-refractivity contribution in [2.24, 2.45) is 0 Å². The minimum Gasteiger partial charge on any atom is -0.477 e. The molecule has 108 valence electrons. The van der Waals surface area contributed by atoms with Gasteiger partial charge >= 0.3 is 12.1 Å². The highest BCUT2D eigenvalue weighted by molar-refractivity contribution is 7.99. The van der Waals surface area contributed by atoms with Crippen molar-refractivity contribution in [3.05, 3.63) is 22.7 Å². The first-order valence-corrected chi connectivity index (χ1v) is 6.80. The average molecular weight is 324 g/mol. The highest BCUT2D eigenvalue weighted by Crippen LogP contribution is 2.37. The van der Waals surface area contributed by atoms with Crippen LogP contribution in [0.15, 0.2) is 10.7 Å². The maximum absolute atomic E-state index is 12.7. The standard InChI is InChI=1S/C9H7F3N4O2S2/c1-2-4-13-3-14-16(4)20-8-15-6(9(10,11)12)5(19-8)7(17)18/h3H,2H2,1H3,(H,17,18). The Kier molecular flexibility index (Phi) is 3.99. The Balaban J connectivity index is 2.37. The van der Waals surface area contributed by atoms with E-state index in [0.29, 0.717) is 23.6 Å². The molecule has 0 radical (unpaired) electrons. The number of carboxylic acid groups (broad SMARTS) is 1. The molecule has 0 fully saturated rings. The van der Waals surface area contributed by atoms with Crippen molar-refractivity contribution in [1.82, 2.24) is 19.2 Å². The zero-order valence-corrected chi connectivity index (χ0v) is 11.5. The van der Waals surface area contributed by atoms with Crippen molar-refractivity contribution < 1.29 is 23.1 Å². The minimum absolute atomic E-state index is 0.0603. The smallest absolute Gasteiger partial charge is 0.435 e. The predicted molar refractivity (Wildman–Crippen MR) is 64.7 cm³/mol. The molecular formula is C9H7F3N4O2S2. The number of hydrogen-bond acceptors (Lipinski definition) is 6. The van der Waals surface area contributed by atoms with Gasteiger partial charge in [0.05, 0.1) is 0 Å². The average Bonchev–Trinajstić information content (AvgIpc) is 2.95. The Morgan fingerprint density at radius 3 is 2.75 bits per heavy atom. The summed E-state index contributed by atoms with van der Waals surface area (Å²) in [5.74, 6) is -1.10. The molecule has 11 heteroatoms. The second-order valence-corrected chi connectivity index (χ2v) is 5.63. The van der Waals surface area contributed by atoms with Gasteiger partial charge in [0, 0.05) is 18.4 Å². The molecule has 0 aliphatic rings. The lowest BCUT2D eigenvalue weighted by atomic mass is 10.3. The summed E-state index contributed by atoms with van der Waals surface area (Å²) in [4.78, 5) is 17.3. The maximum Gasteiger partial charge on any atom is 0.435 e. The van der Waals surface area contributed by atoms with Gasteiger partial charge in [-0.2, -0.15) is 17.3 Å². The van der Waals surface area contributed by atoms with Gasteiger partial charge in [-0.15, -0.1) is 5.10 Å². The molecule has 0 unspecified atom stereocenters. The highest BCUT2D eigenvalue weighted by atomic mass is 32.2. The molecule has 0 aromatic carbocycles. The van der Waals surface area contributed by atoms with E-state index in [-0.39, 0.29) is 4.34 Å². The molecule has 2 rings (SSSR count). The van der Waals surface area contributed by atoms with Crippen LogP contribution in [0, 0.1) is 0 Å². The molecule has 0 amide bonds. The van der Waals surface area contributed by atoms with Crippen LogP contribution in [-0.4, -0.2) is 30.2 Å². The summed E-state index contributed by atoms with van der Waals surface area (Å²) in [5.41, 5.74) is -1.39. The number of carbonyl (C=O) groups is 1. The fraction of sp³-hybridized carbons (Fsp3) is 0.333. The second kappa shape index (κ2) is 5.40. The Morgan fingerprint density at radius 1 is 1.55 bits per heavy atom. The van der Waals surface area contributed by atoms with Gasteiger partial charge < -0.3 is 5.11 Å². The van der Waals surface area contributed by atoms with E-state index in [1.54, 1.807) is 0 Å². The second-order valence-electron chi connectivity index (χ2n) is 3.45. The summed E-state index contributed by atoms with van der Waals surface area (Å²) in [6.45, 7) is 1.81. The topological polar surface area (TPSA) is 80.9 Å². The molecule has 0 aliphatic carbocycles. The third-order valence-electron chi connectivity index (χ3n) is 2.14. The Morgan fingerprint density at radius 2 is 2.25 bits per heavy atom. The van der Waals surface area contributed by atoms with E-state index >= 15 is 0 Å². The first kappa shape index (κ1) is 14.8. The van der Waals surface area contributed by atoms with E-state index in [1.807, 2.05) is 6.92 Å². The van der Waals surface area contributed by atoms with E-state index in [0.717, 1.165) is 11.9 Å². The largest absolute Gasteiger partial charge is 0.477 e. The van der Waals surface area contributed by atoms with E-state index in [4.69, 9.17) is 5.11 Å². The number of thiazole rings is 1. The number of alkyl halides is 3. The number of carboxylic acids is 1. The third kappa shape index (κ3) is 2.93. The lowest BCUT2D eigenvalue weighted by Crippen LogP contribution is -2.11. The van der Waals surface area contributed by atoms with E-state index < -0.39 is 22.7 Å². The number of aryl methyl sites for hydroxylation is 1. The SMILES string of the molecule is CCc1ncnn1Sc1nc(C(F)(F)F)c(C(=O)O)s1. The Hall–Kier alpha value is -1.62. The zero-order chi connectivity index (χ0) is 14.9. The van der Waals surface area contributed by atoms with Crippen molar-refractivity contribution in [2.45, 2.75) is 23.9 Å². The van der Waals surface area contributed by atoms with Crippen LogP contribution >= 0.6 is 23.3 Å². The lowest BCUT2D eigenvalue weighted by Gasteiger charge is -2.02. The summed E-state index contributed by atoms with van der Waals surface area (Å²) in [7, 11) is 0. The van der Waals surface area contributed by atoms with Crippen LogP contribution in [0.3, 0.4) is 0 Å². The highest BCUT2D eigenvalue weighted by Gasteiger charge is 2.40. The molecule has 2 aromatic rings. The van der Waals surface area contributed by atoms with Gasteiger partial charge in [0.1, 0.15) is 17.0 Å². The van der Waals surface area contributed by atoms with Crippen LogP contribution in [0.4, 0.5) is 13.2 Å². The van der Waals surface area contributed by atoms with Crippen LogP contribution in [0.1, 0.15) is 28.1 Å². The number of nitrogens with zero attached hydrogens (tertiary/aromatic N) is 4. The predicted octanol–water partition coefficient (Wildman–Crippen LogP) is 2.57. The molecule has 0 atom stereocenters. The van der Waals surface area contributed by atoms with Crippen molar-refractivity contribution >= 4 is 29.3 Å². The van der Waals surface area contributed by atoms with Crippen molar-refractivity contribution in [3.8, 4) is 0 Å². The monoisotopic (exact) mass is 324 g/mol. The van der Waals surface area contributed by atoms with Crippen LogP contribution < -0.4 is 0 Å². The first-order chi connectivity index (χ1) is 9.32. The van der Waals surface area contributed by atoms with Gasteiger partial charge in [0.25, 0.3) is 0 Å². The quantitative estimate of drug-likeness (QED) is 0.931. The van der Waals surface area contributed by atoms with Crippen LogP contribution in [0.25, 0.3) is 0 Å². The molecule has 0 aliphatic heterocycles. The van der Waals surface area contributed by atoms with E-state index in [1.165, 1.54) is 10.4 Å². The fourth-order valence-corrected chi connectivity index (χ4v) is 3.23. The fourth-order valence-electron chi connectivity index (χ4n) is 1.31. The number of halogens is 3. The third-order valence-corrected chi connectivity index (χ3v) is 4.17. The van der Waals surface area contributed by atoms with Crippen molar-refractivity contribution in [1.29, 1.82) is 0 Å². The van der Waals surface area contributed by atoms with Crippen molar-refractivity contribution in [2.75, 3.05) is 0 Å². The minimum atomic E-state index is -4.81. The van der Waals surface area contributed by atoms with Gasteiger partial charge in [-0.3, -0.25) is 0 Å². The molecule has 2 heterocycles. The summed E-state index contributed by atoms with van der Waals surface area (Å²) < 4.78 is 39.3. The van der Waals surface area contributed by atoms with Gasteiger partial charge in [-0.25, -0.2) is 14.8 Å². The lowest BCUT2D eigenvalue weighted by molar-refractivity contribution is -0.141. The van der Waals surface area contributed by atoms with Crippen LogP contribution in [-0.2, 0) is 12.6 Å². The summed E-state index contributed by atoms with van der Waals surface area (Å²) in [6.07, 6.45) is -3.00. The van der Waals surface area contributed by atoms with Crippen LogP contribution in [0.5, 0.6) is 0 Å². The molecule has 0 spiro atoms. The van der Waals surface area contributed by atoms with E-state index in [2.05, 4.69) is 15.1 Å². The molecule has 0 saturated heterocycles. The van der Waals surface area contributed by atoms with Crippen LogP contribution in [0.2, 0.25) is 0 Å². The Bertz CT molecular complexity index is 637. The maximum atomic E-state index is 12.7. The van der Waals surface area contributed by atoms with Gasteiger partial charge in [-0.05, 0) is 0 Å². The molecule has 0 saturated carbocycles. The van der Waals surface area contributed by atoms with Gasteiger partial charge in [-0.1, -0.05) is 18.3 Å². The normalized spacial score (nSPS) is 11.8. The zero-order valence-electron chi connectivity index (χ0n) is 9.88. The molecule has 20 heavy (non-hydrogen) atoms. The number of rotatable bonds is 4. The number of aromatic carboxylic acids is 1. The Labute approximate surface area is 118 Å². The van der Waals surface area contributed by atoms with Crippen molar-refractivity contribution in [3.63, 3.8) is 0 Å².